The van der Waals surface area contributed by atoms with Gasteiger partial charge in [-0.05, 0) is 39.2 Å². The van der Waals surface area contributed by atoms with Crippen LogP contribution < -0.4 is 0 Å². The van der Waals surface area contributed by atoms with Crippen molar-refractivity contribution in [3.8, 4) is 0 Å². The molecule has 1 saturated heterocycles. The normalized spacial score (nSPS) is 55.6. The third-order valence-electron chi connectivity index (χ3n) is 6.12. The third kappa shape index (κ3) is 1.74. The van der Waals surface area contributed by atoms with E-state index in [1.165, 1.54) is 4.48 Å². The number of hydrogen-bond acceptors (Lipinski definition) is 1. The van der Waals surface area contributed by atoms with E-state index < -0.39 is 0 Å². The van der Waals surface area contributed by atoms with E-state index in [0.717, 1.165) is 19.3 Å². The van der Waals surface area contributed by atoms with Gasteiger partial charge in [0.05, 0.1) is 4.87 Å². The molecule has 0 amide bonds. The van der Waals surface area contributed by atoms with Crippen molar-refractivity contribution in [2.75, 3.05) is 0 Å². The predicted octanol–water partition coefficient (Wildman–Crippen LogP) is 5.39. The molecule has 0 bridgehead atoms. The SMILES string of the molecule is CC1(Cl)CCC2(CC1Br)C(C)(C)C(Br)=CC1OC12C. The molecule has 3 aliphatic rings. The number of rotatable bonds is 0. The average Bonchev–Trinajstić information content (AvgIpc) is 2.94. The Labute approximate surface area is 137 Å². The summed E-state index contributed by atoms with van der Waals surface area (Å²) in [5.74, 6) is 0. The van der Waals surface area contributed by atoms with Crippen LogP contribution in [0.2, 0.25) is 0 Å². The van der Waals surface area contributed by atoms with E-state index in [1.807, 2.05) is 0 Å². The van der Waals surface area contributed by atoms with E-state index in [-0.39, 0.29) is 27.4 Å². The fourth-order valence-electron chi connectivity index (χ4n) is 4.25. The number of allylic oxidation sites excluding steroid dienone is 1. The van der Waals surface area contributed by atoms with Crippen molar-refractivity contribution in [3.63, 3.8) is 0 Å². The van der Waals surface area contributed by atoms with E-state index in [4.69, 9.17) is 16.3 Å². The first-order chi connectivity index (χ1) is 8.57. The number of ether oxygens (including phenoxy) is 1. The average molecular weight is 413 g/mol. The first kappa shape index (κ1) is 14.9. The van der Waals surface area contributed by atoms with Crippen LogP contribution in [0.4, 0.5) is 0 Å². The molecule has 2 aliphatic carbocycles. The lowest BCUT2D eigenvalue weighted by Crippen LogP contribution is -2.57. The van der Waals surface area contributed by atoms with Crippen molar-refractivity contribution in [1.82, 2.24) is 0 Å². The Balaban J connectivity index is 2.06. The molecule has 108 valence electrons. The van der Waals surface area contributed by atoms with Crippen molar-refractivity contribution in [3.05, 3.63) is 10.6 Å². The summed E-state index contributed by atoms with van der Waals surface area (Å²) in [6, 6.07) is 0. The van der Waals surface area contributed by atoms with Crippen molar-refractivity contribution >= 4 is 43.5 Å². The van der Waals surface area contributed by atoms with E-state index >= 15 is 0 Å². The highest BCUT2D eigenvalue weighted by Crippen LogP contribution is 2.71. The van der Waals surface area contributed by atoms with Gasteiger partial charge in [-0.1, -0.05) is 45.7 Å². The van der Waals surface area contributed by atoms with E-state index in [0.29, 0.717) is 4.83 Å². The quantitative estimate of drug-likeness (QED) is 0.384. The van der Waals surface area contributed by atoms with Gasteiger partial charge in [-0.2, -0.15) is 0 Å². The fourth-order valence-corrected chi connectivity index (χ4v) is 5.82. The maximum Gasteiger partial charge on any atom is 0.107 e. The standard InChI is InChI=1S/C15H21Br2ClO/c1-12(2)9(16)7-11-14(4,19-11)15(12)6-5-13(3,18)10(17)8-15/h7,10-11H,5-6,8H2,1-4H3. The summed E-state index contributed by atoms with van der Waals surface area (Å²) >= 11 is 14.3. The molecule has 19 heavy (non-hydrogen) atoms. The van der Waals surface area contributed by atoms with Crippen LogP contribution in [-0.4, -0.2) is 21.4 Å². The zero-order valence-electron chi connectivity index (χ0n) is 11.9. The molecule has 4 heteroatoms. The maximum atomic E-state index is 6.65. The maximum absolute atomic E-state index is 6.65. The molecule has 1 aliphatic heterocycles. The van der Waals surface area contributed by atoms with Crippen LogP contribution in [0, 0.1) is 10.8 Å². The van der Waals surface area contributed by atoms with E-state index in [9.17, 15) is 0 Å². The highest BCUT2D eigenvalue weighted by atomic mass is 79.9. The Morgan fingerprint density at radius 1 is 1.26 bits per heavy atom. The Morgan fingerprint density at radius 3 is 2.47 bits per heavy atom. The molecule has 1 spiro atoms. The van der Waals surface area contributed by atoms with Gasteiger partial charge < -0.3 is 4.74 Å². The zero-order valence-corrected chi connectivity index (χ0v) is 15.8. The number of epoxide rings is 1. The number of fused-ring (bicyclic) bond motifs is 2. The Bertz CT molecular complexity index is 459. The lowest BCUT2D eigenvalue weighted by Gasteiger charge is -2.57. The van der Waals surface area contributed by atoms with Crippen molar-refractivity contribution in [2.24, 2.45) is 10.8 Å². The van der Waals surface area contributed by atoms with Crippen molar-refractivity contribution in [2.45, 2.75) is 68.4 Å². The lowest BCUT2D eigenvalue weighted by atomic mass is 9.49. The van der Waals surface area contributed by atoms with Crippen molar-refractivity contribution < 1.29 is 4.74 Å². The molecule has 2 fully saturated rings. The molecule has 1 nitrogen and oxygen atoms in total. The minimum atomic E-state index is -0.143. The number of hydrogen-bond donors (Lipinski definition) is 0. The van der Waals surface area contributed by atoms with Crippen LogP contribution in [0.15, 0.2) is 10.6 Å². The van der Waals surface area contributed by atoms with E-state index in [2.05, 4.69) is 65.6 Å². The van der Waals surface area contributed by atoms with Gasteiger partial charge in [-0.15, -0.1) is 11.6 Å². The van der Waals surface area contributed by atoms with Gasteiger partial charge in [0, 0.05) is 20.1 Å². The second kappa shape index (κ2) is 4.02. The first-order valence-corrected chi connectivity index (χ1v) is 9.04. The minimum Gasteiger partial charge on any atom is -0.361 e. The van der Waals surface area contributed by atoms with Crippen LogP contribution in [0.3, 0.4) is 0 Å². The Hall–Kier alpha value is 0.950. The highest BCUT2D eigenvalue weighted by molar-refractivity contribution is 9.11. The topological polar surface area (TPSA) is 12.5 Å². The molecule has 0 radical (unpaired) electrons. The largest absolute Gasteiger partial charge is 0.361 e. The van der Waals surface area contributed by atoms with Crippen LogP contribution >= 0.6 is 43.5 Å². The van der Waals surface area contributed by atoms with Gasteiger partial charge >= 0.3 is 0 Å². The molecular weight excluding hydrogens is 391 g/mol. The van der Waals surface area contributed by atoms with Crippen LogP contribution in [-0.2, 0) is 4.74 Å². The van der Waals surface area contributed by atoms with Gasteiger partial charge in [0.2, 0.25) is 0 Å². The smallest absolute Gasteiger partial charge is 0.107 e. The monoisotopic (exact) mass is 410 g/mol. The molecule has 1 heterocycles. The predicted molar refractivity (Wildman–Crippen MR) is 87.3 cm³/mol. The Morgan fingerprint density at radius 2 is 1.89 bits per heavy atom. The van der Waals surface area contributed by atoms with Gasteiger partial charge in [0.1, 0.15) is 11.7 Å². The Kier molecular flexibility index (Phi) is 3.15. The minimum absolute atomic E-state index is 0.0207. The summed E-state index contributed by atoms with van der Waals surface area (Å²) in [5, 5.41) is 0. The van der Waals surface area contributed by atoms with Crippen molar-refractivity contribution in [1.29, 1.82) is 0 Å². The van der Waals surface area contributed by atoms with Crippen LogP contribution in [0.25, 0.3) is 0 Å². The molecular formula is C15H21Br2ClO. The second-order valence-corrected chi connectivity index (χ2v) is 10.1. The summed E-state index contributed by atoms with van der Waals surface area (Å²) < 4.78 is 7.40. The summed E-state index contributed by atoms with van der Waals surface area (Å²) in [6.07, 6.45) is 5.74. The molecule has 5 unspecified atom stereocenters. The van der Waals surface area contributed by atoms with Gasteiger partial charge in [-0.3, -0.25) is 0 Å². The van der Waals surface area contributed by atoms with Gasteiger partial charge in [0.15, 0.2) is 0 Å². The molecule has 0 aromatic rings. The summed E-state index contributed by atoms with van der Waals surface area (Å²) in [4.78, 5) is 0.185. The second-order valence-electron chi connectivity index (χ2n) is 7.32. The van der Waals surface area contributed by atoms with Gasteiger partial charge in [0.25, 0.3) is 0 Å². The molecule has 0 aromatic heterocycles. The zero-order chi connectivity index (χ0) is 14.3. The highest BCUT2D eigenvalue weighted by Gasteiger charge is 2.73. The summed E-state index contributed by atoms with van der Waals surface area (Å²) in [6.45, 7) is 9.11. The molecule has 0 N–H and O–H groups in total. The number of alkyl halides is 2. The fraction of sp³-hybridized carbons (Fsp3) is 0.867. The van der Waals surface area contributed by atoms with Gasteiger partial charge in [-0.25, -0.2) is 0 Å². The molecule has 3 rings (SSSR count). The molecule has 1 saturated carbocycles. The number of halogens is 3. The molecule has 5 atom stereocenters. The van der Waals surface area contributed by atoms with E-state index in [1.54, 1.807) is 0 Å². The van der Waals surface area contributed by atoms with Crippen LogP contribution in [0.1, 0.15) is 47.0 Å². The summed E-state index contributed by atoms with van der Waals surface area (Å²) in [5.41, 5.74) is 0.224. The lowest BCUT2D eigenvalue weighted by molar-refractivity contribution is -0.0251. The summed E-state index contributed by atoms with van der Waals surface area (Å²) in [7, 11) is 0. The van der Waals surface area contributed by atoms with Crippen LogP contribution in [0.5, 0.6) is 0 Å². The third-order valence-corrected chi connectivity index (χ3v) is 9.43. The first-order valence-electron chi connectivity index (χ1n) is 6.95. The molecule has 0 aromatic carbocycles.